The number of hydrogen-bond acceptors (Lipinski definition) is 0. The molecule has 0 amide bonds. The van der Waals surface area contributed by atoms with Crippen molar-refractivity contribution in [3.63, 3.8) is 0 Å². The zero-order valence-electron chi connectivity index (χ0n) is 8.12. The van der Waals surface area contributed by atoms with Crippen molar-refractivity contribution in [1.82, 2.24) is 0 Å². The van der Waals surface area contributed by atoms with Gasteiger partial charge in [0, 0.05) is 0 Å². The van der Waals surface area contributed by atoms with Crippen LogP contribution in [0.3, 0.4) is 0 Å². The van der Waals surface area contributed by atoms with Crippen LogP contribution in [-0.4, -0.2) is 33.6 Å². The third-order valence-electron chi connectivity index (χ3n) is 3.63. The van der Waals surface area contributed by atoms with Crippen LogP contribution in [0.15, 0.2) is 0 Å². The van der Waals surface area contributed by atoms with Crippen molar-refractivity contribution in [1.29, 1.82) is 0 Å². The molecule has 17 heavy (non-hydrogen) atoms. The molecule has 2 bridgehead atoms. The number of hydrogen-bond donors (Lipinski definition) is 1. The summed E-state index contributed by atoms with van der Waals surface area (Å²) in [5.41, 5.74) is -3.66. The molecule has 0 spiro atoms. The summed E-state index contributed by atoms with van der Waals surface area (Å²) >= 11 is 6.10. The first-order chi connectivity index (χ1) is 7.52. The van der Waals surface area contributed by atoms with Crippen molar-refractivity contribution in [2.75, 3.05) is 0 Å². The van der Waals surface area contributed by atoms with Crippen LogP contribution in [0.4, 0.5) is 26.3 Å². The summed E-state index contributed by atoms with van der Waals surface area (Å²) in [4.78, 5) is -1.11. The van der Waals surface area contributed by atoms with E-state index in [0.29, 0.717) is 5.32 Å². The van der Waals surface area contributed by atoms with E-state index < -0.39 is 34.7 Å². The van der Waals surface area contributed by atoms with E-state index in [0.717, 1.165) is 0 Å². The largest absolute Gasteiger partial charge is 0.454 e. The fourth-order valence-corrected chi connectivity index (χ4v) is 5.28. The number of quaternary nitrogens is 1. The fraction of sp³-hybridized carbons (Fsp3) is 1.00. The third-order valence-corrected chi connectivity index (χ3v) is 5.86. The van der Waals surface area contributed by atoms with Crippen LogP contribution in [0, 0.1) is 5.92 Å². The van der Waals surface area contributed by atoms with Gasteiger partial charge in [-0.15, -0.1) is 0 Å². The van der Waals surface area contributed by atoms with Crippen LogP contribution >= 0.6 is 31.9 Å². The third kappa shape index (κ3) is 1.68. The highest BCUT2D eigenvalue weighted by atomic mass is 79.9. The van der Waals surface area contributed by atoms with Crippen molar-refractivity contribution < 1.29 is 31.7 Å². The molecule has 100 valence electrons. The van der Waals surface area contributed by atoms with E-state index in [-0.39, 0.29) is 11.2 Å². The first-order valence-corrected chi connectivity index (χ1v) is 6.63. The lowest BCUT2D eigenvalue weighted by atomic mass is 9.82. The van der Waals surface area contributed by atoms with Gasteiger partial charge in [0.25, 0.3) is 5.54 Å². The van der Waals surface area contributed by atoms with Crippen molar-refractivity contribution in [3.8, 4) is 0 Å². The van der Waals surface area contributed by atoms with Crippen molar-refractivity contribution in [3.05, 3.63) is 0 Å². The van der Waals surface area contributed by atoms with Gasteiger partial charge in [-0.1, -0.05) is 31.9 Å². The summed E-state index contributed by atoms with van der Waals surface area (Å²) in [7, 11) is 0. The van der Waals surface area contributed by atoms with Gasteiger partial charge in [-0.05, 0) is 6.42 Å². The number of nitrogens with two attached hydrogens (primary N) is 1. The maximum atomic E-state index is 12.9. The summed E-state index contributed by atoms with van der Waals surface area (Å²) in [6.07, 6.45) is -10.7. The van der Waals surface area contributed by atoms with E-state index in [4.69, 9.17) is 0 Å². The maximum absolute atomic E-state index is 12.9. The smallest absolute Gasteiger partial charge is 0.322 e. The van der Waals surface area contributed by atoms with Gasteiger partial charge in [0.1, 0.15) is 6.04 Å². The molecule has 2 rings (SSSR count). The van der Waals surface area contributed by atoms with Gasteiger partial charge >= 0.3 is 12.4 Å². The quantitative estimate of drug-likeness (QED) is 0.482. The zero-order valence-corrected chi connectivity index (χ0v) is 11.3. The standard InChI is InChI=1S/C8H7Br2F6N/c9-3-1-2-4(10)5(3)17-6(2,7(11,12)13)8(14,15)16/h2-5,17H,1H2/p+1/t2-,3+,4-,5+/m0/s1. The Hall–Kier alpha value is 0.500. The maximum Gasteiger partial charge on any atom is 0.454 e. The van der Waals surface area contributed by atoms with Crippen molar-refractivity contribution >= 4 is 31.9 Å². The second-order valence-corrected chi connectivity index (χ2v) is 6.64. The van der Waals surface area contributed by atoms with Crippen LogP contribution < -0.4 is 5.32 Å². The van der Waals surface area contributed by atoms with Gasteiger partial charge < -0.3 is 5.32 Å². The molecule has 9 heteroatoms. The second kappa shape index (κ2) is 3.75. The highest BCUT2D eigenvalue weighted by Crippen LogP contribution is 2.55. The number of fused-ring (bicyclic) bond motifs is 2. The number of halogens is 8. The molecule has 2 aliphatic rings. The lowest BCUT2D eigenvalue weighted by Crippen LogP contribution is -3.07. The molecular weight excluding hydrogens is 384 g/mol. The Morgan fingerprint density at radius 3 is 1.71 bits per heavy atom. The molecule has 1 heterocycles. The van der Waals surface area contributed by atoms with Gasteiger partial charge in [-0.25, -0.2) is 0 Å². The molecule has 0 radical (unpaired) electrons. The summed E-state index contributed by atoms with van der Waals surface area (Å²) in [5, 5.41) is 0.431. The van der Waals surface area contributed by atoms with E-state index in [9.17, 15) is 26.3 Å². The average molecular weight is 392 g/mol. The normalized spacial score (nSPS) is 40.9. The Labute approximate surface area is 110 Å². The van der Waals surface area contributed by atoms with Crippen LogP contribution in [0.1, 0.15) is 6.42 Å². The van der Waals surface area contributed by atoms with E-state index in [2.05, 4.69) is 31.9 Å². The molecule has 0 aromatic heterocycles. The monoisotopic (exact) mass is 390 g/mol. The van der Waals surface area contributed by atoms with E-state index in [1.165, 1.54) is 0 Å². The number of rotatable bonds is 0. The van der Waals surface area contributed by atoms with Gasteiger partial charge in [-0.2, -0.15) is 26.3 Å². The van der Waals surface area contributed by atoms with E-state index in [1.54, 1.807) is 0 Å². The van der Waals surface area contributed by atoms with Crippen LogP contribution in [-0.2, 0) is 0 Å². The molecule has 0 aromatic carbocycles. The minimum atomic E-state index is -5.30. The Morgan fingerprint density at radius 2 is 1.47 bits per heavy atom. The molecule has 0 aromatic rings. The molecule has 2 fully saturated rings. The van der Waals surface area contributed by atoms with Gasteiger partial charge in [0.2, 0.25) is 0 Å². The van der Waals surface area contributed by atoms with Gasteiger partial charge in [-0.3, -0.25) is 0 Å². The molecule has 4 atom stereocenters. The Bertz CT molecular complexity index is 313. The molecule has 0 unspecified atom stereocenters. The molecule has 1 aliphatic heterocycles. The summed E-state index contributed by atoms with van der Waals surface area (Å²) < 4.78 is 77.3. The lowest BCUT2D eigenvalue weighted by molar-refractivity contribution is -0.794. The molecular formula is C8H8Br2F6N+. The minimum Gasteiger partial charge on any atom is -0.322 e. The fourth-order valence-electron chi connectivity index (χ4n) is 2.83. The predicted octanol–water partition coefficient (Wildman–Crippen LogP) is 2.34. The first kappa shape index (κ1) is 13.9. The average Bonchev–Trinajstić information content (AvgIpc) is 2.53. The number of piperidine rings is 1. The SMILES string of the molecule is FC(F)(F)C1(C(F)(F)F)[NH2+][C@H]2[C@@H](Br)[C@@H]1C[C@H]2Br. The van der Waals surface area contributed by atoms with Crippen molar-refractivity contribution in [2.24, 2.45) is 5.92 Å². The number of alkyl halides is 8. The first-order valence-electron chi connectivity index (χ1n) is 4.80. The van der Waals surface area contributed by atoms with E-state index >= 15 is 0 Å². The molecule has 2 N–H and O–H groups in total. The predicted molar refractivity (Wildman–Crippen MR) is 54.1 cm³/mol. The lowest BCUT2D eigenvalue weighted by Gasteiger charge is -2.38. The van der Waals surface area contributed by atoms with Crippen LogP contribution in [0.25, 0.3) is 0 Å². The van der Waals surface area contributed by atoms with Gasteiger partial charge in [0.15, 0.2) is 0 Å². The van der Waals surface area contributed by atoms with Gasteiger partial charge in [0.05, 0.1) is 15.6 Å². The topological polar surface area (TPSA) is 16.6 Å². The summed E-state index contributed by atoms with van der Waals surface area (Å²) in [6, 6.07) is -0.747. The Kier molecular flexibility index (Phi) is 3.07. The molecule has 1 aliphatic carbocycles. The van der Waals surface area contributed by atoms with Crippen LogP contribution in [0.2, 0.25) is 0 Å². The van der Waals surface area contributed by atoms with Crippen molar-refractivity contribution in [2.45, 2.75) is 40.0 Å². The molecule has 1 saturated carbocycles. The zero-order chi connectivity index (χ0) is 13.2. The Morgan fingerprint density at radius 1 is 1.00 bits per heavy atom. The van der Waals surface area contributed by atoms with E-state index in [1.807, 2.05) is 0 Å². The minimum absolute atomic E-state index is 0.129. The molecule has 1 saturated heterocycles. The second-order valence-electron chi connectivity index (χ2n) is 4.41. The summed E-state index contributed by atoms with van der Waals surface area (Å²) in [5.74, 6) is -1.49. The van der Waals surface area contributed by atoms with Crippen LogP contribution in [0.5, 0.6) is 0 Å². The molecule has 1 nitrogen and oxygen atoms in total. The summed E-state index contributed by atoms with van der Waals surface area (Å²) in [6.45, 7) is 0. The highest BCUT2D eigenvalue weighted by Gasteiger charge is 2.85. The highest BCUT2D eigenvalue weighted by molar-refractivity contribution is 9.10. The Balaban J connectivity index is 2.48.